The Morgan fingerprint density at radius 2 is 2.00 bits per heavy atom. The Hall–Kier alpha value is -1.04. The fourth-order valence-corrected chi connectivity index (χ4v) is 1.38. The van der Waals surface area contributed by atoms with Gasteiger partial charge in [-0.1, -0.05) is 27.2 Å². The molecule has 0 unspecified atom stereocenters. The zero-order valence-corrected chi connectivity index (χ0v) is 8.30. The summed E-state index contributed by atoms with van der Waals surface area (Å²) in [6.45, 7) is 0. The van der Waals surface area contributed by atoms with Crippen LogP contribution in [0.1, 0.15) is 11.1 Å². The third-order valence-electron chi connectivity index (χ3n) is 1.50. The summed E-state index contributed by atoms with van der Waals surface area (Å²) in [6.07, 6.45) is -3.49. The molecule has 0 atom stereocenters. The number of hydrogen-bond donors (Lipinski definition) is 1. The van der Waals surface area contributed by atoms with Gasteiger partial charge in [-0.3, -0.25) is 0 Å². The highest BCUT2D eigenvalue weighted by Gasteiger charge is 2.32. The van der Waals surface area contributed by atoms with E-state index in [0.717, 1.165) is 12.3 Å². The molecule has 1 rings (SSSR count). The molecule has 0 aliphatic carbocycles. The summed E-state index contributed by atoms with van der Waals surface area (Å²) in [5.41, 5.74) is -0.613. The Kier molecular flexibility index (Phi) is 3.15. The second kappa shape index (κ2) is 4.00. The molecule has 0 saturated carbocycles. The molecule has 2 nitrogen and oxygen atoms in total. The van der Waals surface area contributed by atoms with E-state index in [1.165, 1.54) is 12.1 Å². The average Bonchev–Trinajstić information content (AvgIpc) is 2.07. The number of hydrogen-bond acceptors (Lipinski definition) is 2. The summed E-state index contributed by atoms with van der Waals surface area (Å²) in [5, 5.41) is 10.8. The Morgan fingerprint density at radius 1 is 1.36 bits per heavy atom. The minimum absolute atomic E-state index is 0.0416. The topological polar surface area (TPSA) is 32.6 Å². The standard InChI is InChI=1S/C8H5BrF3NO/c9-7-2-1-5(4-13-14)3-6(7)8(10,11)12/h1-4,14H/b13-4-. The van der Waals surface area contributed by atoms with Crippen LogP contribution in [-0.2, 0) is 6.18 Å². The van der Waals surface area contributed by atoms with Crippen LogP contribution in [0.25, 0.3) is 0 Å². The van der Waals surface area contributed by atoms with Crippen molar-refractivity contribution in [3.63, 3.8) is 0 Å². The van der Waals surface area contributed by atoms with Crippen LogP contribution in [0.15, 0.2) is 27.8 Å². The highest BCUT2D eigenvalue weighted by molar-refractivity contribution is 9.10. The smallest absolute Gasteiger partial charge is 0.411 e. The highest BCUT2D eigenvalue weighted by Crippen LogP contribution is 2.34. The van der Waals surface area contributed by atoms with Gasteiger partial charge in [-0.15, -0.1) is 0 Å². The van der Waals surface area contributed by atoms with Crippen molar-refractivity contribution >= 4 is 22.1 Å². The van der Waals surface area contributed by atoms with Gasteiger partial charge >= 0.3 is 6.18 Å². The van der Waals surface area contributed by atoms with Crippen molar-refractivity contribution in [2.45, 2.75) is 6.18 Å². The zero-order valence-electron chi connectivity index (χ0n) is 6.72. The molecule has 14 heavy (non-hydrogen) atoms. The van der Waals surface area contributed by atoms with Crippen molar-refractivity contribution in [2.75, 3.05) is 0 Å². The largest absolute Gasteiger partial charge is 0.417 e. The third kappa shape index (κ3) is 2.47. The van der Waals surface area contributed by atoms with Crippen LogP contribution in [0.5, 0.6) is 0 Å². The molecule has 6 heteroatoms. The number of nitrogens with zero attached hydrogens (tertiary/aromatic N) is 1. The predicted molar refractivity (Wildman–Crippen MR) is 48.5 cm³/mol. The van der Waals surface area contributed by atoms with Gasteiger partial charge in [0.15, 0.2) is 0 Å². The zero-order chi connectivity index (χ0) is 10.8. The maximum Gasteiger partial charge on any atom is 0.417 e. The summed E-state index contributed by atoms with van der Waals surface area (Å²) in [4.78, 5) is 0. The van der Waals surface area contributed by atoms with Crippen LogP contribution in [0.2, 0.25) is 0 Å². The van der Waals surface area contributed by atoms with Crippen LogP contribution in [0.4, 0.5) is 13.2 Å². The molecule has 0 saturated heterocycles. The van der Waals surface area contributed by atoms with Gasteiger partial charge in [-0.2, -0.15) is 13.2 Å². The van der Waals surface area contributed by atoms with Gasteiger partial charge in [0, 0.05) is 4.47 Å². The number of oxime groups is 1. The minimum Gasteiger partial charge on any atom is -0.411 e. The SMILES string of the molecule is O/N=C\c1ccc(Br)c(C(F)(F)F)c1. The van der Waals surface area contributed by atoms with Crippen LogP contribution in [-0.4, -0.2) is 11.4 Å². The van der Waals surface area contributed by atoms with Crippen molar-refractivity contribution in [1.82, 2.24) is 0 Å². The van der Waals surface area contributed by atoms with E-state index < -0.39 is 11.7 Å². The molecule has 0 aromatic heterocycles. The van der Waals surface area contributed by atoms with Crippen molar-refractivity contribution in [3.05, 3.63) is 33.8 Å². The normalized spacial score (nSPS) is 12.3. The van der Waals surface area contributed by atoms with E-state index in [2.05, 4.69) is 21.1 Å². The lowest BCUT2D eigenvalue weighted by Gasteiger charge is -2.09. The second-order valence-electron chi connectivity index (χ2n) is 2.48. The molecule has 0 aliphatic heterocycles. The summed E-state index contributed by atoms with van der Waals surface area (Å²) in [7, 11) is 0. The van der Waals surface area contributed by atoms with Gasteiger partial charge in [0.1, 0.15) is 0 Å². The van der Waals surface area contributed by atoms with Crippen molar-refractivity contribution < 1.29 is 18.4 Å². The summed E-state index contributed by atoms with van der Waals surface area (Å²) < 4.78 is 37.0. The third-order valence-corrected chi connectivity index (χ3v) is 2.19. The molecule has 76 valence electrons. The molecule has 0 spiro atoms. The Balaban J connectivity index is 3.22. The lowest BCUT2D eigenvalue weighted by Crippen LogP contribution is -2.06. The molecule has 0 bridgehead atoms. The van der Waals surface area contributed by atoms with Gasteiger partial charge in [0.05, 0.1) is 11.8 Å². The van der Waals surface area contributed by atoms with Crippen LogP contribution in [0.3, 0.4) is 0 Å². The maximum absolute atomic E-state index is 12.3. The maximum atomic E-state index is 12.3. The highest BCUT2D eigenvalue weighted by atomic mass is 79.9. The summed E-state index contributed by atoms with van der Waals surface area (Å²) in [6, 6.07) is 3.54. The predicted octanol–water partition coefficient (Wildman–Crippen LogP) is 3.28. The van der Waals surface area contributed by atoms with Gasteiger partial charge in [0.25, 0.3) is 0 Å². The summed E-state index contributed by atoms with van der Waals surface area (Å²) in [5.74, 6) is 0. The fraction of sp³-hybridized carbons (Fsp3) is 0.125. The summed E-state index contributed by atoms with van der Waals surface area (Å²) >= 11 is 2.79. The van der Waals surface area contributed by atoms with E-state index in [0.29, 0.717) is 0 Å². The van der Waals surface area contributed by atoms with Gasteiger partial charge in [0.2, 0.25) is 0 Å². The van der Waals surface area contributed by atoms with Gasteiger partial charge < -0.3 is 5.21 Å². The first-order chi connectivity index (χ1) is 6.45. The van der Waals surface area contributed by atoms with Crippen molar-refractivity contribution in [1.29, 1.82) is 0 Å². The van der Waals surface area contributed by atoms with E-state index in [-0.39, 0.29) is 10.0 Å². The lowest BCUT2D eigenvalue weighted by molar-refractivity contribution is -0.138. The monoisotopic (exact) mass is 267 g/mol. The second-order valence-corrected chi connectivity index (χ2v) is 3.34. The van der Waals surface area contributed by atoms with Crippen LogP contribution < -0.4 is 0 Å². The van der Waals surface area contributed by atoms with E-state index in [4.69, 9.17) is 5.21 Å². The quantitative estimate of drug-likeness (QED) is 0.473. The van der Waals surface area contributed by atoms with Gasteiger partial charge in [-0.05, 0) is 17.7 Å². The van der Waals surface area contributed by atoms with E-state index in [1.807, 2.05) is 0 Å². The molecular formula is C8H5BrF3NO. The minimum atomic E-state index is -4.42. The Morgan fingerprint density at radius 3 is 2.50 bits per heavy atom. The van der Waals surface area contributed by atoms with E-state index in [1.54, 1.807) is 0 Å². The molecule has 1 N–H and O–H groups in total. The van der Waals surface area contributed by atoms with Crippen molar-refractivity contribution in [2.24, 2.45) is 5.16 Å². The first kappa shape index (κ1) is 11.0. The van der Waals surface area contributed by atoms with Crippen molar-refractivity contribution in [3.8, 4) is 0 Å². The van der Waals surface area contributed by atoms with Crippen LogP contribution in [0, 0.1) is 0 Å². The molecule has 0 aliphatic rings. The average molecular weight is 268 g/mol. The number of rotatable bonds is 1. The first-order valence-electron chi connectivity index (χ1n) is 3.49. The molecule has 0 heterocycles. The molecular weight excluding hydrogens is 263 g/mol. The molecule has 0 amide bonds. The lowest BCUT2D eigenvalue weighted by atomic mass is 10.1. The number of benzene rings is 1. The Labute approximate surface area is 86.2 Å². The molecule has 0 fully saturated rings. The van der Waals surface area contributed by atoms with E-state index >= 15 is 0 Å². The van der Waals surface area contributed by atoms with E-state index in [9.17, 15) is 13.2 Å². The van der Waals surface area contributed by atoms with Gasteiger partial charge in [-0.25, -0.2) is 0 Å². The van der Waals surface area contributed by atoms with Crippen LogP contribution >= 0.6 is 15.9 Å². The number of alkyl halides is 3. The Bertz CT molecular complexity index is 362. The molecule has 1 aromatic carbocycles. The first-order valence-corrected chi connectivity index (χ1v) is 4.28. The molecule has 0 radical (unpaired) electrons. The fourth-order valence-electron chi connectivity index (χ4n) is 0.907. The number of halogens is 4. The molecule has 1 aromatic rings.